The number of aryl methyl sites for hydroxylation is 1. The second-order valence-electron chi connectivity index (χ2n) is 5.64. The minimum atomic E-state index is -0.454. The maximum absolute atomic E-state index is 12.2. The summed E-state index contributed by atoms with van der Waals surface area (Å²) in [6, 6.07) is 12.1. The van der Waals surface area contributed by atoms with Crippen LogP contribution in [0.3, 0.4) is 0 Å². The molecule has 2 rings (SSSR count). The SMILES string of the molecule is CC[C@@H](C)c1ccc(NC(=O)c2ccc([N+](=O)[O-])c(C)c2)cc1. The molecule has 23 heavy (non-hydrogen) atoms. The van der Waals surface area contributed by atoms with Crippen LogP contribution in [0.15, 0.2) is 42.5 Å². The molecule has 0 bridgehead atoms. The third-order valence-electron chi connectivity index (χ3n) is 4.01. The average Bonchev–Trinajstić information content (AvgIpc) is 2.54. The van der Waals surface area contributed by atoms with E-state index in [1.807, 2.05) is 24.3 Å². The highest BCUT2D eigenvalue weighted by Gasteiger charge is 2.14. The van der Waals surface area contributed by atoms with Crippen LogP contribution in [0, 0.1) is 17.0 Å². The lowest BCUT2D eigenvalue weighted by Crippen LogP contribution is -2.12. The Morgan fingerprint density at radius 3 is 2.39 bits per heavy atom. The van der Waals surface area contributed by atoms with Crippen molar-refractivity contribution in [2.24, 2.45) is 0 Å². The van der Waals surface area contributed by atoms with Crippen LogP contribution in [0.25, 0.3) is 0 Å². The number of nitrogens with one attached hydrogen (secondary N) is 1. The fraction of sp³-hybridized carbons (Fsp3) is 0.278. The van der Waals surface area contributed by atoms with Crippen molar-refractivity contribution in [3.05, 3.63) is 69.3 Å². The summed E-state index contributed by atoms with van der Waals surface area (Å²) in [7, 11) is 0. The quantitative estimate of drug-likeness (QED) is 0.644. The van der Waals surface area contributed by atoms with Crippen LogP contribution in [0.5, 0.6) is 0 Å². The fourth-order valence-corrected chi connectivity index (χ4v) is 2.34. The van der Waals surface area contributed by atoms with E-state index in [2.05, 4.69) is 19.2 Å². The van der Waals surface area contributed by atoms with Gasteiger partial charge in [0.25, 0.3) is 11.6 Å². The highest BCUT2D eigenvalue weighted by molar-refractivity contribution is 6.04. The van der Waals surface area contributed by atoms with Crippen LogP contribution in [0.4, 0.5) is 11.4 Å². The van der Waals surface area contributed by atoms with Crippen LogP contribution in [-0.4, -0.2) is 10.8 Å². The van der Waals surface area contributed by atoms with Crippen molar-refractivity contribution in [3.63, 3.8) is 0 Å². The molecule has 0 aromatic heterocycles. The van der Waals surface area contributed by atoms with E-state index in [0.29, 0.717) is 22.7 Å². The molecule has 1 amide bonds. The predicted octanol–water partition coefficient (Wildman–Crippen LogP) is 4.67. The predicted molar refractivity (Wildman–Crippen MR) is 90.9 cm³/mol. The van der Waals surface area contributed by atoms with Crippen molar-refractivity contribution >= 4 is 17.3 Å². The number of hydrogen-bond acceptors (Lipinski definition) is 3. The zero-order chi connectivity index (χ0) is 17.0. The molecule has 1 N–H and O–H groups in total. The summed E-state index contributed by atoms with van der Waals surface area (Å²) >= 11 is 0. The van der Waals surface area contributed by atoms with Crippen molar-refractivity contribution in [3.8, 4) is 0 Å². The maximum atomic E-state index is 12.2. The van der Waals surface area contributed by atoms with E-state index in [1.165, 1.54) is 23.8 Å². The number of nitro benzene ring substituents is 1. The Hall–Kier alpha value is -2.69. The molecular formula is C18H20N2O3. The second-order valence-corrected chi connectivity index (χ2v) is 5.64. The Kier molecular flexibility index (Phi) is 5.11. The third-order valence-corrected chi connectivity index (χ3v) is 4.01. The van der Waals surface area contributed by atoms with Gasteiger partial charge in [-0.05, 0) is 49.1 Å². The summed E-state index contributed by atoms with van der Waals surface area (Å²) in [6.07, 6.45) is 1.06. The molecule has 0 unspecified atom stereocenters. The van der Waals surface area contributed by atoms with Crippen LogP contribution in [0.2, 0.25) is 0 Å². The number of amides is 1. The molecule has 0 aliphatic carbocycles. The Morgan fingerprint density at radius 2 is 1.87 bits per heavy atom. The molecule has 2 aromatic carbocycles. The molecule has 0 saturated heterocycles. The lowest BCUT2D eigenvalue weighted by molar-refractivity contribution is -0.385. The van der Waals surface area contributed by atoms with Gasteiger partial charge in [-0.25, -0.2) is 0 Å². The van der Waals surface area contributed by atoms with E-state index >= 15 is 0 Å². The van der Waals surface area contributed by atoms with Gasteiger partial charge in [-0.2, -0.15) is 0 Å². The normalized spacial score (nSPS) is 11.8. The molecule has 0 radical (unpaired) electrons. The molecular weight excluding hydrogens is 292 g/mol. The smallest absolute Gasteiger partial charge is 0.272 e. The van der Waals surface area contributed by atoms with Gasteiger partial charge in [-0.1, -0.05) is 26.0 Å². The summed E-state index contributed by atoms with van der Waals surface area (Å²) in [5.41, 5.74) is 2.82. The Bertz CT molecular complexity index is 724. The van der Waals surface area contributed by atoms with Gasteiger partial charge < -0.3 is 5.32 Å². The van der Waals surface area contributed by atoms with Gasteiger partial charge in [0.15, 0.2) is 0 Å². The summed E-state index contributed by atoms with van der Waals surface area (Å²) in [4.78, 5) is 22.6. The van der Waals surface area contributed by atoms with E-state index < -0.39 is 4.92 Å². The topological polar surface area (TPSA) is 72.2 Å². The van der Waals surface area contributed by atoms with Crippen LogP contribution < -0.4 is 5.32 Å². The molecule has 1 atom stereocenters. The van der Waals surface area contributed by atoms with Crippen molar-refractivity contribution in [2.45, 2.75) is 33.1 Å². The third kappa shape index (κ3) is 3.94. The van der Waals surface area contributed by atoms with Gasteiger partial charge >= 0.3 is 0 Å². The van der Waals surface area contributed by atoms with Gasteiger partial charge in [-0.15, -0.1) is 0 Å². The lowest BCUT2D eigenvalue weighted by atomic mass is 9.98. The monoisotopic (exact) mass is 312 g/mol. The molecule has 5 nitrogen and oxygen atoms in total. The number of hydrogen-bond donors (Lipinski definition) is 1. The minimum absolute atomic E-state index is 0.0134. The summed E-state index contributed by atoms with van der Waals surface area (Å²) in [6.45, 7) is 5.92. The summed E-state index contributed by atoms with van der Waals surface area (Å²) in [5.74, 6) is 0.205. The summed E-state index contributed by atoms with van der Waals surface area (Å²) in [5, 5.41) is 13.6. The Morgan fingerprint density at radius 1 is 1.22 bits per heavy atom. The fourth-order valence-electron chi connectivity index (χ4n) is 2.34. The molecule has 120 valence electrons. The van der Waals surface area contributed by atoms with Gasteiger partial charge in [0.2, 0.25) is 0 Å². The first-order chi connectivity index (χ1) is 10.9. The van der Waals surface area contributed by atoms with E-state index in [1.54, 1.807) is 6.92 Å². The van der Waals surface area contributed by atoms with Crippen molar-refractivity contribution < 1.29 is 9.72 Å². The molecule has 0 saturated carbocycles. The van der Waals surface area contributed by atoms with Gasteiger partial charge in [-0.3, -0.25) is 14.9 Å². The van der Waals surface area contributed by atoms with Crippen LogP contribution in [-0.2, 0) is 0 Å². The standard InChI is InChI=1S/C18H20N2O3/c1-4-12(2)14-5-8-16(9-6-14)19-18(21)15-7-10-17(20(22)23)13(3)11-15/h5-12H,4H2,1-3H3,(H,19,21)/t12-/m1/s1. The number of carbonyl (C=O) groups excluding carboxylic acids is 1. The first-order valence-corrected chi connectivity index (χ1v) is 7.58. The first-order valence-electron chi connectivity index (χ1n) is 7.58. The Labute approximate surface area is 135 Å². The second kappa shape index (κ2) is 7.05. The average molecular weight is 312 g/mol. The molecule has 0 aliphatic heterocycles. The molecule has 0 spiro atoms. The van der Waals surface area contributed by atoms with Crippen molar-refractivity contribution in [1.82, 2.24) is 0 Å². The molecule has 0 heterocycles. The number of anilines is 1. The highest BCUT2D eigenvalue weighted by Crippen LogP contribution is 2.22. The van der Waals surface area contributed by atoms with Gasteiger partial charge in [0.05, 0.1) is 4.92 Å². The molecule has 0 fully saturated rings. The number of nitro groups is 1. The maximum Gasteiger partial charge on any atom is 0.272 e. The van der Waals surface area contributed by atoms with Crippen molar-refractivity contribution in [2.75, 3.05) is 5.32 Å². The Balaban J connectivity index is 2.13. The van der Waals surface area contributed by atoms with Gasteiger partial charge in [0, 0.05) is 22.9 Å². The number of carbonyl (C=O) groups is 1. The van der Waals surface area contributed by atoms with E-state index in [0.717, 1.165) is 6.42 Å². The van der Waals surface area contributed by atoms with Crippen LogP contribution >= 0.6 is 0 Å². The van der Waals surface area contributed by atoms with E-state index in [-0.39, 0.29) is 11.6 Å². The highest BCUT2D eigenvalue weighted by atomic mass is 16.6. The minimum Gasteiger partial charge on any atom is -0.322 e. The first kappa shape index (κ1) is 16.7. The molecule has 0 aliphatic rings. The largest absolute Gasteiger partial charge is 0.322 e. The zero-order valence-electron chi connectivity index (χ0n) is 13.5. The number of nitrogens with zero attached hydrogens (tertiary/aromatic N) is 1. The van der Waals surface area contributed by atoms with Crippen LogP contribution in [0.1, 0.15) is 47.7 Å². The molecule has 5 heteroatoms. The summed E-state index contributed by atoms with van der Waals surface area (Å²) < 4.78 is 0. The zero-order valence-corrected chi connectivity index (χ0v) is 13.5. The van der Waals surface area contributed by atoms with E-state index in [9.17, 15) is 14.9 Å². The number of benzene rings is 2. The lowest BCUT2D eigenvalue weighted by Gasteiger charge is -2.10. The number of rotatable bonds is 5. The molecule has 2 aromatic rings. The van der Waals surface area contributed by atoms with E-state index in [4.69, 9.17) is 0 Å². The van der Waals surface area contributed by atoms with Crippen molar-refractivity contribution in [1.29, 1.82) is 0 Å². The van der Waals surface area contributed by atoms with Gasteiger partial charge in [0.1, 0.15) is 0 Å².